The zero-order chi connectivity index (χ0) is 16.2. The van der Waals surface area contributed by atoms with Crippen molar-refractivity contribution in [3.8, 4) is 0 Å². The third-order valence-corrected chi connectivity index (χ3v) is 5.23. The molecule has 0 aromatic carbocycles. The van der Waals surface area contributed by atoms with Crippen LogP contribution in [-0.2, 0) is 20.7 Å². The molecule has 1 aliphatic carbocycles. The van der Waals surface area contributed by atoms with Gasteiger partial charge in [0, 0.05) is 18.0 Å². The molecule has 126 valence electrons. The first kappa shape index (κ1) is 16.4. The van der Waals surface area contributed by atoms with Gasteiger partial charge in [0.25, 0.3) is 5.91 Å². The number of nitrogens with one attached hydrogen (secondary N) is 1. The van der Waals surface area contributed by atoms with E-state index in [4.69, 9.17) is 4.74 Å². The van der Waals surface area contributed by atoms with Crippen molar-refractivity contribution in [1.82, 2.24) is 15.2 Å². The topological polar surface area (TPSA) is 71.5 Å². The summed E-state index contributed by atoms with van der Waals surface area (Å²) in [6.45, 7) is 3.21. The molecule has 3 rings (SSSR count). The number of hydrogen-bond acceptors (Lipinski definition) is 5. The van der Waals surface area contributed by atoms with Gasteiger partial charge in [0.05, 0.1) is 30.3 Å². The Hall–Kier alpha value is -1.47. The van der Waals surface area contributed by atoms with Gasteiger partial charge >= 0.3 is 0 Å². The van der Waals surface area contributed by atoms with Gasteiger partial charge in [-0.25, -0.2) is 4.98 Å². The van der Waals surface area contributed by atoms with Crippen LogP contribution in [0, 0.1) is 6.92 Å². The molecule has 2 heterocycles. The number of thiazole rings is 1. The molecule has 6 nitrogen and oxygen atoms in total. The number of carbonyl (C=O) groups is 2. The van der Waals surface area contributed by atoms with Crippen LogP contribution < -0.4 is 5.32 Å². The van der Waals surface area contributed by atoms with Gasteiger partial charge in [-0.2, -0.15) is 0 Å². The quantitative estimate of drug-likeness (QED) is 0.898. The van der Waals surface area contributed by atoms with E-state index >= 15 is 0 Å². The molecule has 2 aliphatic rings. The minimum atomic E-state index is -0.550. The van der Waals surface area contributed by atoms with Crippen LogP contribution in [0.25, 0.3) is 0 Å². The zero-order valence-electron chi connectivity index (χ0n) is 13.4. The molecule has 1 aromatic rings. The van der Waals surface area contributed by atoms with Crippen molar-refractivity contribution in [2.75, 3.05) is 19.7 Å². The highest BCUT2D eigenvalue weighted by atomic mass is 32.1. The van der Waals surface area contributed by atoms with Gasteiger partial charge < -0.3 is 15.0 Å². The lowest BCUT2D eigenvalue weighted by molar-refractivity contribution is -0.147. The van der Waals surface area contributed by atoms with Crippen molar-refractivity contribution < 1.29 is 14.3 Å². The molecule has 0 unspecified atom stereocenters. The molecule has 0 bridgehead atoms. The largest absolute Gasteiger partial charge is 0.365 e. The smallest absolute Gasteiger partial charge is 0.251 e. The second kappa shape index (κ2) is 7.40. The number of nitrogens with zero attached hydrogens (tertiary/aromatic N) is 2. The van der Waals surface area contributed by atoms with Crippen LogP contribution in [-0.4, -0.2) is 53.5 Å². The molecule has 1 saturated carbocycles. The first-order valence-electron chi connectivity index (χ1n) is 8.22. The lowest BCUT2D eigenvalue weighted by atomic mass is 10.2. The van der Waals surface area contributed by atoms with E-state index in [-0.39, 0.29) is 17.9 Å². The fourth-order valence-electron chi connectivity index (χ4n) is 3.15. The van der Waals surface area contributed by atoms with Crippen molar-refractivity contribution in [2.45, 2.75) is 51.2 Å². The minimum absolute atomic E-state index is 0.0114. The van der Waals surface area contributed by atoms with Crippen LogP contribution in [0.15, 0.2) is 5.38 Å². The number of rotatable bonds is 4. The Labute approximate surface area is 140 Å². The van der Waals surface area contributed by atoms with E-state index < -0.39 is 6.10 Å². The van der Waals surface area contributed by atoms with Crippen LogP contribution >= 0.6 is 11.3 Å². The molecule has 2 amide bonds. The molecule has 2 fully saturated rings. The Kier molecular flexibility index (Phi) is 5.27. The van der Waals surface area contributed by atoms with Crippen molar-refractivity contribution >= 4 is 23.2 Å². The number of aryl methyl sites for hydroxylation is 1. The van der Waals surface area contributed by atoms with Gasteiger partial charge in [0.2, 0.25) is 5.91 Å². The Bertz CT molecular complexity index is 569. The molecule has 0 radical (unpaired) electrons. The highest BCUT2D eigenvalue weighted by molar-refractivity contribution is 7.09. The Morgan fingerprint density at radius 2 is 2.22 bits per heavy atom. The summed E-state index contributed by atoms with van der Waals surface area (Å²) in [7, 11) is 0. The van der Waals surface area contributed by atoms with E-state index in [0.29, 0.717) is 26.1 Å². The van der Waals surface area contributed by atoms with Crippen molar-refractivity contribution in [3.63, 3.8) is 0 Å². The number of ether oxygens (including phenoxy) is 1. The molecule has 23 heavy (non-hydrogen) atoms. The summed E-state index contributed by atoms with van der Waals surface area (Å²) in [5, 5.41) is 5.92. The van der Waals surface area contributed by atoms with Gasteiger partial charge in [0.15, 0.2) is 6.10 Å². The molecule has 7 heteroatoms. The predicted octanol–water partition coefficient (Wildman–Crippen LogP) is 1.28. The second-order valence-electron chi connectivity index (χ2n) is 6.22. The van der Waals surface area contributed by atoms with Gasteiger partial charge in [-0.05, 0) is 19.8 Å². The molecule has 1 aromatic heterocycles. The van der Waals surface area contributed by atoms with E-state index in [1.807, 2.05) is 12.3 Å². The second-order valence-corrected chi connectivity index (χ2v) is 7.29. The highest BCUT2D eigenvalue weighted by Gasteiger charge is 2.31. The maximum absolute atomic E-state index is 12.4. The van der Waals surface area contributed by atoms with Crippen LogP contribution in [0.3, 0.4) is 0 Å². The Morgan fingerprint density at radius 3 is 2.91 bits per heavy atom. The monoisotopic (exact) mass is 337 g/mol. The van der Waals surface area contributed by atoms with Crippen molar-refractivity contribution in [1.29, 1.82) is 0 Å². The summed E-state index contributed by atoms with van der Waals surface area (Å²) in [6.07, 6.45) is 4.18. The van der Waals surface area contributed by atoms with Crippen LogP contribution in [0.1, 0.15) is 36.4 Å². The van der Waals surface area contributed by atoms with E-state index in [2.05, 4.69) is 10.3 Å². The third-order valence-electron chi connectivity index (χ3n) is 4.41. The maximum atomic E-state index is 12.4. The summed E-state index contributed by atoms with van der Waals surface area (Å²) in [6, 6.07) is 0.273. The average molecular weight is 337 g/mol. The molecular weight excluding hydrogens is 314 g/mol. The minimum Gasteiger partial charge on any atom is -0.365 e. The number of amides is 2. The summed E-state index contributed by atoms with van der Waals surface area (Å²) < 4.78 is 5.57. The molecule has 1 saturated heterocycles. The third kappa shape index (κ3) is 4.29. The van der Waals surface area contributed by atoms with Gasteiger partial charge in [0.1, 0.15) is 0 Å². The number of hydrogen-bond donors (Lipinski definition) is 1. The normalized spacial score (nSPS) is 22.3. The number of aromatic nitrogens is 1. The van der Waals surface area contributed by atoms with Gasteiger partial charge in [-0.3, -0.25) is 9.59 Å². The Morgan fingerprint density at radius 1 is 1.43 bits per heavy atom. The maximum Gasteiger partial charge on any atom is 0.251 e. The van der Waals surface area contributed by atoms with Crippen molar-refractivity contribution in [3.05, 3.63) is 16.1 Å². The standard InChI is InChI=1S/C16H23N3O3S/c1-11-17-13(10-23-11)8-15(20)19-6-7-22-14(9-19)16(21)18-12-4-2-3-5-12/h10,12,14H,2-9H2,1H3,(H,18,21)/t14-/m1/s1. The van der Waals surface area contributed by atoms with Crippen molar-refractivity contribution in [2.24, 2.45) is 0 Å². The summed E-state index contributed by atoms with van der Waals surface area (Å²) >= 11 is 1.55. The number of morpholine rings is 1. The zero-order valence-corrected chi connectivity index (χ0v) is 14.2. The summed E-state index contributed by atoms with van der Waals surface area (Å²) in [4.78, 5) is 30.7. The van der Waals surface area contributed by atoms with E-state index in [0.717, 1.165) is 23.5 Å². The fourth-order valence-corrected chi connectivity index (χ4v) is 3.77. The lowest BCUT2D eigenvalue weighted by Gasteiger charge is -2.32. The highest BCUT2D eigenvalue weighted by Crippen LogP contribution is 2.18. The summed E-state index contributed by atoms with van der Waals surface area (Å²) in [5.41, 5.74) is 0.802. The summed E-state index contributed by atoms with van der Waals surface area (Å²) in [5.74, 6) is -0.0730. The van der Waals surface area contributed by atoms with Gasteiger partial charge in [-0.15, -0.1) is 11.3 Å². The predicted molar refractivity (Wildman–Crippen MR) is 87.3 cm³/mol. The molecule has 1 aliphatic heterocycles. The SMILES string of the molecule is Cc1nc(CC(=O)N2CCO[C@@H](C(=O)NC3CCCC3)C2)cs1. The first-order valence-corrected chi connectivity index (χ1v) is 9.10. The molecule has 0 spiro atoms. The van der Waals surface area contributed by atoms with Crippen LogP contribution in [0.2, 0.25) is 0 Å². The van der Waals surface area contributed by atoms with Crippen LogP contribution in [0.4, 0.5) is 0 Å². The number of carbonyl (C=O) groups excluding carboxylic acids is 2. The average Bonchev–Trinajstić information content (AvgIpc) is 3.19. The van der Waals surface area contributed by atoms with Gasteiger partial charge in [-0.1, -0.05) is 12.8 Å². The molecular formula is C16H23N3O3S. The Balaban J connectivity index is 1.52. The lowest BCUT2D eigenvalue weighted by Crippen LogP contribution is -2.53. The first-order chi connectivity index (χ1) is 11.1. The van der Waals surface area contributed by atoms with E-state index in [9.17, 15) is 9.59 Å². The van der Waals surface area contributed by atoms with Crippen LogP contribution in [0.5, 0.6) is 0 Å². The fraction of sp³-hybridized carbons (Fsp3) is 0.688. The van der Waals surface area contributed by atoms with E-state index in [1.165, 1.54) is 12.8 Å². The molecule has 1 N–H and O–H groups in total. The van der Waals surface area contributed by atoms with E-state index in [1.54, 1.807) is 16.2 Å². The molecule has 1 atom stereocenters.